The largest absolute Gasteiger partial charge is 0.494 e. The van der Waals surface area contributed by atoms with Crippen LogP contribution in [0.2, 0.25) is 0 Å². The van der Waals surface area contributed by atoms with Gasteiger partial charge in [0.25, 0.3) is 0 Å². The number of hydrogen-bond acceptors (Lipinski definition) is 4. The van der Waals surface area contributed by atoms with Crippen LogP contribution in [-0.4, -0.2) is 52.5 Å². The van der Waals surface area contributed by atoms with Gasteiger partial charge in [-0.25, -0.2) is 17.7 Å². The SMILES string of the molecule is CCNC(=NCc1ccc(S(=O)(=O)N(C)C)cc1)NCCCOc1ccccc1. The van der Waals surface area contributed by atoms with E-state index < -0.39 is 10.0 Å². The zero-order chi connectivity index (χ0) is 21.1. The maximum atomic E-state index is 12.1. The second-order valence-corrected chi connectivity index (χ2v) is 8.72. The molecule has 2 N–H and O–H groups in total. The van der Waals surface area contributed by atoms with E-state index in [0.717, 1.165) is 36.8 Å². The summed E-state index contributed by atoms with van der Waals surface area (Å²) in [5.41, 5.74) is 0.937. The maximum absolute atomic E-state index is 12.1. The fraction of sp³-hybridized carbons (Fsp3) is 0.381. The zero-order valence-electron chi connectivity index (χ0n) is 17.3. The second-order valence-electron chi connectivity index (χ2n) is 6.57. The van der Waals surface area contributed by atoms with E-state index in [1.807, 2.05) is 37.3 Å². The molecule has 0 aliphatic rings. The van der Waals surface area contributed by atoms with Gasteiger partial charge in [0.1, 0.15) is 5.75 Å². The number of nitrogens with zero attached hydrogens (tertiary/aromatic N) is 2. The summed E-state index contributed by atoms with van der Waals surface area (Å²) in [7, 11) is -0.369. The van der Waals surface area contributed by atoms with Crippen LogP contribution < -0.4 is 15.4 Å². The zero-order valence-corrected chi connectivity index (χ0v) is 18.1. The van der Waals surface area contributed by atoms with Gasteiger partial charge in [0.05, 0.1) is 18.0 Å². The molecule has 0 spiro atoms. The molecule has 0 aromatic heterocycles. The van der Waals surface area contributed by atoms with Crippen LogP contribution in [0.15, 0.2) is 64.5 Å². The highest BCUT2D eigenvalue weighted by Crippen LogP contribution is 2.14. The number of ether oxygens (including phenoxy) is 1. The molecule has 2 aromatic rings. The number of guanidine groups is 1. The van der Waals surface area contributed by atoms with Crippen molar-refractivity contribution < 1.29 is 13.2 Å². The molecule has 0 fully saturated rings. The van der Waals surface area contributed by atoms with Crippen LogP contribution in [0, 0.1) is 0 Å². The Labute approximate surface area is 173 Å². The summed E-state index contributed by atoms with van der Waals surface area (Å²) >= 11 is 0. The standard InChI is InChI=1S/C21H30N4O3S/c1-4-22-21(23-15-8-16-28-19-9-6-5-7-10-19)24-17-18-11-13-20(14-12-18)29(26,27)25(2)3/h5-7,9-14H,4,8,15-17H2,1-3H3,(H2,22,23,24). The third-order valence-electron chi connectivity index (χ3n) is 4.09. The number of hydrogen-bond donors (Lipinski definition) is 2. The monoisotopic (exact) mass is 418 g/mol. The van der Waals surface area contributed by atoms with E-state index in [2.05, 4.69) is 15.6 Å². The van der Waals surface area contributed by atoms with E-state index in [1.54, 1.807) is 24.3 Å². The van der Waals surface area contributed by atoms with Crippen LogP contribution in [0.3, 0.4) is 0 Å². The van der Waals surface area contributed by atoms with Gasteiger partial charge in [0, 0.05) is 27.2 Å². The highest BCUT2D eigenvalue weighted by Gasteiger charge is 2.16. The highest BCUT2D eigenvalue weighted by atomic mass is 32.2. The van der Waals surface area contributed by atoms with Gasteiger partial charge in [-0.2, -0.15) is 0 Å². The molecule has 2 aromatic carbocycles. The lowest BCUT2D eigenvalue weighted by Crippen LogP contribution is -2.38. The average Bonchev–Trinajstić information content (AvgIpc) is 2.72. The first kappa shape index (κ1) is 22.7. The van der Waals surface area contributed by atoms with Crippen molar-refractivity contribution in [3.05, 3.63) is 60.2 Å². The van der Waals surface area contributed by atoms with Crippen molar-refractivity contribution in [2.24, 2.45) is 4.99 Å². The molecule has 2 rings (SSSR count). The summed E-state index contributed by atoms with van der Waals surface area (Å²) in [6.07, 6.45) is 0.844. The lowest BCUT2D eigenvalue weighted by Gasteiger charge is -2.13. The number of nitrogens with one attached hydrogen (secondary N) is 2. The lowest BCUT2D eigenvalue weighted by atomic mass is 10.2. The Bertz CT molecular complexity index is 867. The molecule has 0 aliphatic heterocycles. The molecule has 7 nitrogen and oxygen atoms in total. The molecule has 0 unspecified atom stereocenters. The number of aliphatic imine (C=N–C) groups is 1. The van der Waals surface area contributed by atoms with Gasteiger partial charge in [-0.15, -0.1) is 0 Å². The molecule has 0 radical (unpaired) electrons. The van der Waals surface area contributed by atoms with E-state index in [0.29, 0.717) is 13.2 Å². The summed E-state index contributed by atoms with van der Waals surface area (Å²) in [5.74, 6) is 1.59. The predicted molar refractivity (Wildman–Crippen MR) is 117 cm³/mol. The Kier molecular flexibility index (Phi) is 8.95. The fourth-order valence-electron chi connectivity index (χ4n) is 2.48. The quantitative estimate of drug-likeness (QED) is 0.352. The summed E-state index contributed by atoms with van der Waals surface area (Å²) in [6, 6.07) is 16.5. The molecule has 0 heterocycles. The molecule has 0 saturated heterocycles. The summed E-state index contributed by atoms with van der Waals surface area (Å²) in [4.78, 5) is 4.84. The molecule has 29 heavy (non-hydrogen) atoms. The topological polar surface area (TPSA) is 83.0 Å². The minimum atomic E-state index is -3.41. The van der Waals surface area contributed by atoms with E-state index in [-0.39, 0.29) is 4.90 Å². The molecule has 0 saturated carbocycles. The minimum absolute atomic E-state index is 0.277. The second kappa shape index (κ2) is 11.4. The van der Waals surface area contributed by atoms with Gasteiger partial charge >= 0.3 is 0 Å². The molecular weight excluding hydrogens is 388 g/mol. The third-order valence-corrected chi connectivity index (χ3v) is 5.92. The van der Waals surface area contributed by atoms with Gasteiger partial charge in [-0.05, 0) is 43.2 Å². The van der Waals surface area contributed by atoms with Crippen molar-refractivity contribution in [2.45, 2.75) is 24.8 Å². The molecular formula is C21H30N4O3S. The normalized spacial score (nSPS) is 12.1. The van der Waals surface area contributed by atoms with Crippen molar-refractivity contribution in [2.75, 3.05) is 33.8 Å². The van der Waals surface area contributed by atoms with Crippen LogP contribution in [0.5, 0.6) is 5.75 Å². The minimum Gasteiger partial charge on any atom is -0.494 e. The van der Waals surface area contributed by atoms with Gasteiger partial charge < -0.3 is 15.4 Å². The van der Waals surface area contributed by atoms with Crippen molar-refractivity contribution in [1.82, 2.24) is 14.9 Å². The third kappa shape index (κ3) is 7.40. The average molecular weight is 419 g/mol. The van der Waals surface area contributed by atoms with Crippen molar-refractivity contribution >= 4 is 16.0 Å². The Hall–Kier alpha value is -2.58. The number of para-hydroxylation sites is 1. The van der Waals surface area contributed by atoms with E-state index >= 15 is 0 Å². The molecule has 8 heteroatoms. The van der Waals surface area contributed by atoms with Crippen molar-refractivity contribution in [3.8, 4) is 5.75 Å². The van der Waals surface area contributed by atoms with Gasteiger partial charge in [0.2, 0.25) is 10.0 Å². The summed E-state index contributed by atoms with van der Waals surface area (Å²) in [5, 5.41) is 6.49. The predicted octanol–water partition coefficient (Wildman–Crippen LogP) is 2.46. The molecule has 0 aliphatic carbocycles. The summed E-state index contributed by atoms with van der Waals surface area (Å²) in [6.45, 7) is 4.58. The van der Waals surface area contributed by atoms with Crippen molar-refractivity contribution in [1.29, 1.82) is 0 Å². The smallest absolute Gasteiger partial charge is 0.242 e. The first-order valence-electron chi connectivity index (χ1n) is 9.65. The van der Waals surface area contributed by atoms with Gasteiger partial charge in [0.15, 0.2) is 5.96 Å². The van der Waals surface area contributed by atoms with E-state index in [4.69, 9.17) is 4.74 Å². The first-order chi connectivity index (χ1) is 13.9. The van der Waals surface area contributed by atoms with Crippen LogP contribution in [0.25, 0.3) is 0 Å². The molecule has 0 bridgehead atoms. The highest BCUT2D eigenvalue weighted by molar-refractivity contribution is 7.89. The lowest BCUT2D eigenvalue weighted by molar-refractivity contribution is 0.311. The van der Waals surface area contributed by atoms with Crippen LogP contribution in [0.4, 0.5) is 0 Å². The van der Waals surface area contributed by atoms with Gasteiger partial charge in [-0.1, -0.05) is 30.3 Å². The van der Waals surface area contributed by atoms with E-state index in [1.165, 1.54) is 18.4 Å². The molecule has 158 valence electrons. The Morgan fingerprint density at radius 1 is 1.03 bits per heavy atom. The number of benzene rings is 2. The van der Waals surface area contributed by atoms with E-state index in [9.17, 15) is 8.42 Å². The van der Waals surface area contributed by atoms with Crippen LogP contribution in [0.1, 0.15) is 18.9 Å². The van der Waals surface area contributed by atoms with Crippen LogP contribution in [-0.2, 0) is 16.6 Å². The number of sulfonamides is 1. The summed E-state index contributed by atoms with van der Waals surface area (Å²) < 4.78 is 31.1. The Balaban J connectivity index is 1.83. The fourth-order valence-corrected chi connectivity index (χ4v) is 3.38. The van der Waals surface area contributed by atoms with Crippen molar-refractivity contribution in [3.63, 3.8) is 0 Å². The van der Waals surface area contributed by atoms with Crippen LogP contribution >= 0.6 is 0 Å². The van der Waals surface area contributed by atoms with Gasteiger partial charge in [-0.3, -0.25) is 0 Å². The molecule has 0 amide bonds. The number of rotatable bonds is 10. The first-order valence-corrected chi connectivity index (χ1v) is 11.1. The Morgan fingerprint density at radius 3 is 2.34 bits per heavy atom. The molecule has 0 atom stereocenters. The Morgan fingerprint density at radius 2 is 1.72 bits per heavy atom. The maximum Gasteiger partial charge on any atom is 0.242 e.